The van der Waals surface area contributed by atoms with E-state index in [1.165, 1.54) is 5.01 Å². The first-order chi connectivity index (χ1) is 12.1. The van der Waals surface area contributed by atoms with Gasteiger partial charge in [-0.15, -0.1) is 35.3 Å². The van der Waals surface area contributed by atoms with E-state index in [4.69, 9.17) is 4.74 Å². The van der Waals surface area contributed by atoms with Crippen LogP contribution in [0, 0.1) is 6.92 Å². The summed E-state index contributed by atoms with van der Waals surface area (Å²) in [5, 5.41) is 9.96. The lowest BCUT2D eigenvalue weighted by atomic mass is 10.2. The zero-order valence-corrected chi connectivity index (χ0v) is 19.1. The van der Waals surface area contributed by atoms with Gasteiger partial charge in [-0.2, -0.15) is 0 Å². The van der Waals surface area contributed by atoms with Crippen LogP contribution in [0.25, 0.3) is 0 Å². The van der Waals surface area contributed by atoms with E-state index < -0.39 is 0 Å². The average molecular weight is 488 g/mol. The molecule has 26 heavy (non-hydrogen) atoms. The highest BCUT2D eigenvalue weighted by atomic mass is 127. The number of hydrogen-bond donors (Lipinski definition) is 2. The van der Waals surface area contributed by atoms with Gasteiger partial charge in [-0.1, -0.05) is 25.1 Å². The van der Waals surface area contributed by atoms with E-state index in [1.807, 2.05) is 25.1 Å². The minimum Gasteiger partial charge on any atom is -0.489 e. The number of thiazole rings is 1. The lowest BCUT2D eigenvalue weighted by Crippen LogP contribution is -2.42. The van der Waals surface area contributed by atoms with Gasteiger partial charge < -0.3 is 15.4 Å². The Hall–Kier alpha value is -1.35. The van der Waals surface area contributed by atoms with Crippen LogP contribution in [0.3, 0.4) is 0 Å². The van der Waals surface area contributed by atoms with E-state index >= 15 is 0 Å². The van der Waals surface area contributed by atoms with Crippen LogP contribution in [0.5, 0.6) is 5.75 Å². The van der Waals surface area contributed by atoms with E-state index in [-0.39, 0.29) is 30.1 Å². The second-order valence-corrected chi connectivity index (χ2v) is 6.85. The smallest absolute Gasteiger partial charge is 0.191 e. The van der Waals surface area contributed by atoms with Crippen LogP contribution in [0.15, 0.2) is 34.6 Å². The van der Waals surface area contributed by atoms with Crippen molar-refractivity contribution in [1.29, 1.82) is 0 Å². The van der Waals surface area contributed by atoms with Crippen molar-refractivity contribution in [3.63, 3.8) is 0 Å². The van der Waals surface area contributed by atoms with Crippen molar-refractivity contribution in [3.05, 3.63) is 45.9 Å². The number of para-hydroxylation sites is 1. The number of benzene rings is 1. The maximum Gasteiger partial charge on any atom is 0.191 e. The van der Waals surface area contributed by atoms with E-state index in [2.05, 4.69) is 45.9 Å². The number of guanidine groups is 1. The Kier molecular flexibility index (Phi) is 10.6. The Balaban J connectivity index is 0.00000338. The highest BCUT2D eigenvalue weighted by Crippen LogP contribution is 2.17. The molecule has 7 heteroatoms. The normalized spacial score (nSPS) is 12.2. The molecule has 1 unspecified atom stereocenters. The quantitative estimate of drug-likeness (QED) is 0.337. The SMILES string of the molecule is CCc1nc(CCNC(=NC)NCC(C)Oc2ccccc2C)cs1.I. The van der Waals surface area contributed by atoms with Gasteiger partial charge in [0.15, 0.2) is 5.96 Å². The van der Waals surface area contributed by atoms with Gasteiger partial charge in [-0.05, 0) is 31.9 Å². The molecule has 2 rings (SSSR count). The Labute approximate surface area is 177 Å². The summed E-state index contributed by atoms with van der Waals surface area (Å²) in [6.45, 7) is 7.73. The van der Waals surface area contributed by atoms with Crippen LogP contribution in [-0.4, -0.2) is 37.2 Å². The minimum absolute atomic E-state index is 0. The minimum atomic E-state index is 0. The van der Waals surface area contributed by atoms with E-state index in [1.54, 1.807) is 18.4 Å². The third-order valence-corrected chi connectivity index (χ3v) is 4.82. The molecule has 0 radical (unpaired) electrons. The molecular formula is C19H29IN4OS. The van der Waals surface area contributed by atoms with E-state index in [9.17, 15) is 0 Å². The molecule has 5 nitrogen and oxygen atoms in total. The molecule has 0 spiro atoms. The van der Waals surface area contributed by atoms with Gasteiger partial charge in [0, 0.05) is 25.4 Å². The van der Waals surface area contributed by atoms with Crippen molar-refractivity contribution in [2.45, 2.75) is 39.7 Å². The molecule has 0 bridgehead atoms. The Morgan fingerprint density at radius 2 is 2.08 bits per heavy atom. The lowest BCUT2D eigenvalue weighted by Gasteiger charge is -2.18. The zero-order valence-electron chi connectivity index (χ0n) is 15.9. The van der Waals surface area contributed by atoms with Gasteiger partial charge in [0.25, 0.3) is 0 Å². The molecule has 0 aliphatic rings. The van der Waals surface area contributed by atoms with E-state index in [0.29, 0.717) is 6.54 Å². The zero-order chi connectivity index (χ0) is 18.1. The molecule has 0 aliphatic heterocycles. The molecule has 1 heterocycles. The fourth-order valence-corrected chi connectivity index (χ4v) is 3.12. The van der Waals surface area contributed by atoms with Crippen LogP contribution >= 0.6 is 35.3 Å². The highest BCUT2D eigenvalue weighted by Gasteiger charge is 2.07. The topological polar surface area (TPSA) is 58.5 Å². The predicted octanol–water partition coefficient (Wildman–Crippen LogP) is 3.81. The Bertz CT molecular complexity index is 690. The summed E-state index contributed by atoms with van der Waals surface area (Å²) in [4.78, 5) is 8.84. The third kappa shape index (κ3) is 7.49. The molecule has 0 aliphatic carbocycles. The number of nitrogens with one attached hydrogen (secondary N) is 2. The number of hydrogen-bond acceptors (Lipinski definition) is 4. The van der Waals surface area contributed by atoms with E-state index in [0.717, 1.165) is 42.4 Å². The van der Waals surface area contributed by atoms with Crippen LogP contribution < -0.4 is 15.4 Å². The molecule has 2 N–H and O–H groups in total. The summed E-state index contributed by atoms with van der Waals surface area (Å²) in [6, 6.07) is 8.06. The number of nitrogens with zero attached hydrogens (tertiary/aromatic N) is 2. The number of ether oxygens (including phenoxy) is 1. The maximum absolute atomic E-state index is 5.98. The van der Waals surface area contributed by atoms with Crippen molar-refractivity contribution in [2.24, 2.45) is 4.99 Å². The largest absolute Gasteiger partial charge is 0.489 e. The molecule has 1 aromatic carbocycles. The van der Waals surface area contributed by atoms with Crippen molar-refractivity contribution in [1.82, 2.24) is 15.6 Å². The second kappa shape index (κ2) is 12.1. The summed E-state index contributed by atoms with van der Waals surface area (Å²) in [5.41, 5.74) is 2.28. The van der Waals surface area contributed by atoms with Crippen LogP contribution in [0.4, 0.5) is 0 Å². The third-order valence-electron chi connectivity index (χ3n) is 3.78. The standard InChI is InChI=1S/C19H28N4OS.HI/c1-5-18-23-16(13-25-18)10-11-21-19(20-4)22-12-15(3)24-17-9-7-6-8-14(17)2;/h6-9,13,15H,5,10-12H2,1-4H3,(H2,20,21,22);1H. The Morgan fingerprint density at radius 3 is 2.73 bits per heavy atom. The van der Waals surface area contributed by atoms with Crippen LogP contribution in [0.2, 0.25) is 0 Å². The number of aromatic nitrogens is 1. The predicted molar refractivity (Wildman–Crippen MR) is 121 cm³/mol. The first kappa shape index (κ1) is 22.7. The van der Waals surface area contributed by atoms with Gasteiger partial charge >= 0.3 is 0 Å². The van der Waals surface area contributed by atoms with Crippen LogP contribution in [0.1, 0.15) is 30.1 Å². The fraction of sp³-hybridized carbons (Fsp3) is 0.474. The molecule has 2 aromatic rings. The lowest BCUT2D eigenvalue weighted by molar-refractivity contribution is 0.222. The number of halogens is 1. The first-order valence-corrected chi connectivity index (χ1v) is 9.60. The second-order valence-electron chi connectivity index (χ2n) is 5.91. The monoisotopic (exact) mass is 488 g/mol. The molecule has 0 fully saturated rings. The summed E-state index contributed by atoms with van der Waals surface area (Å²) in [6.07, 6.45) is 1.94. The van der Waals surface area contributed by atoms with Gasteiger partial charge in [0.1, 0.15) is 11.9 Å². The first-order valence-electron chi connectivity index (χ1n) is 8.72. The molecule has 0 saturated carbocycles. The molecular weight excluding hydrogens is 459 g/mol. The summed E-state index contributed by atoms with van der Waals surface area (Å²) in [7, 11) is 1.78. The number of rotatable bonds is 8. The van der Waals surface area contributed by atoms with Gasteiger partial charge in [0.05, 0.1) is 17.2 Å². The molecule has 1 aromatic heterocycles. The Morgan fingerprint density at radius 1 is 1.31 bits per heavy atom. The summed E-state index contributed by atoms with van der Waals surface area (Å²) < 4.78 is 5.98. The number of aliphatic imine (C=N–C) groups is 1. The average Bonchev–Trinajstić information content (AvgIpc) is 3.08. The van der Waals surface area contributed by atoms with Crippen molar-refractivity contribution >= 4 is 41.3 Å². The van der Waals surface area contributed by atoms with Gasteiger partial charge in [0.2, 0.25) is 0 Å². The molecule has 0 saturated heterocycles. The van der Waals surface area contributed by atoms with Gasteiger partial charge in [-0.25, -0.2) is 4.98 Å². The maximum atomic E-state index is 5.98. The molecule has 0 amide bonds. The van der Waals surface area contributed by atoms with Crippen molar-refractivity contribution in [2.75, 3.05) is 20.1 Å². The van der Waals surface area contributed by atoms with Gasteiger partial charge in [-0.3, -0.25) is 4.99 Å². The fourth-order valence-electron chi connectivity index (χ4n) is 2.34. The van der Waals surface area contributed by atoms with Crippen LogP contribution in [-0.2, 0) is 12.8 Å². The summed E-state index contributed by atoms with van der Waals surface area (Å²) >= 11 is 1.73. The van der Waals surface area contributed by atoms with Crippen molar-refractivity contribution in [3.8, 4) is 5.75 Å². The molecule has 1 atom stereocenters. The van der Waals surface area contributed by atoms with Crippen molar-refractivity contribution < 1.29 is 4.74 Å². The highest BCUT2D eigenvalue weighted by molar-refractivity contribution is 14.0. The molecule has 144 valence electrons. The summed E-state index contributed by atoms with van der Waals surface area (Å²) in [5.74, 6) is 1.71. The number of aryl methyl sites for hydroxylation is 2.